The highest BCUT2D eigenvalue weighted by Gasteiger charge is 2.20. The summed E-state index contributed by atoms with van der Waals surface area (Å²) in [7, 11) is 0. The van der Waals surface area contributed by atoms with E-state index in [1.807, 2.05) is 36.0 Å². The fourth-order valence-corrected chi connectivity index (χ4v) is 5.55. The molecule has 3 aromatic rings. The maximum Gasteiger partial charge on any atom is 0.0639 e. The molecule has 0 spiro atoms. The van der Waals surface area contributed by atoms with E-state index in [1.165, 1.54) is 11.1 Å². The highest BCUT2D eigenvalue weighted by molar-refractivity contribution is 7.99. The van der Waals surface area contributed by atoms with Crippen molar-refractivity contribution in [2.75, 3.05) is 43.4 Å². The van der Waals surface area contributed by atoms with Gasteiger partial charge < -0.3 is 4.90 Å². The summed E-state index contributed by atoms with van der Waals surface area (Å²) in [5.41, 5.74) is 3.80. The number of nitrogens with zero attached hydrogens (tertiary/aromatic N) is 2. The van der Waals surface area contributed by atoms with Gasteiger partial charge in [0.05, 0.1) is 16.0 Å². The normalized spacial score (nSPS) is 15.9. The van der Waals surface area contributed by atoms with Crippen LogP contribution in [0.1, 0.15) is 16.4 Å². The highest BCUT2D eigenvalue weighted by atomic mass is 35.5. The molecule has 0 saturated carbocycles. The van der Waals surface area contributed by atoms with E-state index >= 15 is 0 Å². The second-order valence-corrected chi connectivity index (χ2v) is 9.55. The number of hydrogen-bond donors (Lipinski definition) is 0. The SMILES string of the molecule is Clc1ccc(C(SCCN2CCN(c3ccccc3Cl)CC2)c2ccccc2)cc1. The van der Waals surface area contributed by atoms with Crippen LogP contribution in [-0.4, -0.2) is 43.4 Å². The van der Waals surface area contributed by atoms with Gasteiger partial charge in [-0.15, -0.1) is 11.8 Å². The molecular weight excluding hydrogens is 431 g/mol. The molecule has 30 heavy (non-hydrogen) atoms. The van der Waals surface area contributed by atoms with Gasteiger partial charge in [-0.25, -0.2) is 0 Å². The van der Waals surface area contributed by atoms with Gasteiger partial charge in [0, 0.05) is 43.5 Å². The Labute approximate surface area is 193 Å². The van der Waals surface area contributed by atoms with E-state index in [2.05, 4.69) is 64.4 Å². The molecule has 3 aromatic carbocycles. The molecule has 4 rings (SSSR count). The second-order valence-electron chi connectivity index (χ2n) is 7.49. The minimum absolute atomic E-state index is 0.327. The molecule has 0 amide bonds. The fraction of sp³-hybridized carbons (Fsp3) is 0.280. The minimum Gasteiger partial charge on any atom is -0.368 e. The van der Waals surface area contributed by atoms with Crippen molar-refractivity contribution in [2.24, 2.45) is 0 Å². The third-order valence-electron chi connectivity index (χ3n) is 5.53. The van der Waals surface area contributed by atoms with Crippen molar-refractivity contribution in [1.29, 1.82) is 0 Å². The molecule has 1 unspecified atom stereocenters. The molecular formula is C25H26Cl2N2S. The lowest BCUT2D eigenvalue weighted by atomic mass is 10.0. The second kappa shape index (κ2) is 10.6. The summed E-state index contributed by atoms with van der Waals surface area (Å²) in [5.74, 6) is 1.09. The number of rotatable bonds is 7. The van der Waals surface area contributed by atoms with Crippen LogP contribution in [0.15, 0.2) is 78.9 Å². The van der Waals surface area contributed by atoms with Crippen LogP contribution in [0.4, 0.5) is 5.69 Å². The molecule has 0 aromatic heterocycles. The maximum atomic E-state index is 6.37. The Kier molecular flexibility index (Phi) is 7.62. The number of thioether (sulfide) groups is 1. The van der Waals surface area contributed by atoms with Crippen LogP contribution < -0.4 is 4.90 Å². The Bertz CT molecular complexity index is 925. The quantitative estimate of drug-likeness (QED) is 0.393. The van der Waals surface area contributed by atoms with Gasteiger partial charge in [0.1, 0.15) is 0 Å². The summed E-state index contributed by atoms with van der Waals surface area (Å²) in [6.07, 6.45) is 0. The predicted molar refractivity (Wildman–Crippen MR) is 132 cm³/mol. The molecule has 1 fully saturated rings. The Morgan fingerprint density at radius 1 is 0.733 bits per heavy atom. The van der Waals surface area contributed by atoms with Crippen molar-refractivity contribution < 1.29 is 0 Å². The third kappa shape index (κ3) is 5.53. The lowest BCUT2D eigenvalue weighted by molar-refractivity contribution is 0.273. The van der Waals surface area contributed by atoms with Crippen molar-refractivity contribution in [3.05, 3.63) is 100 Å². The molecule has 1 aliphatic rings. The van der Waals surface area contributed by atoms with Crippen LogP contribution in [0.25, 0.3) is 0 Å². The molecule has 0 N–H and O–H groups in total. The Balaban J connectivity index is 1.33. The fourth-order valence-electron chi connectivity index (χ4n) is 3.87. The van der Waals surface area contributed by atoms with E-state index in [0.29, 0.717) is 5.25 Å². The molecule has 0 bridgehead atoms. The van der Waals surface area contributed by atoms with Crippen LogP contribution in [0.5, 0.6) is 0 Å². The zero-order valence-electron chi connectivity index (χ0n) is 16.9. The van der Waals surface area contributed by atoms with Gasteiger partial charge in [-0.05, 0) is 35.4 Å². The Hall–Kier alpha value is -1.65. The molecule has 2 nitrogen and oxygen atoms in total. The minimum atomic E-state index is 0.327. The monoisotopic (exact) mass is 456 g/mol. The van der Waals surface area contributed by atoms with Gasteiger partial charge in [0.15, 0.2) is 0 Å². The van der Waals surface area contributed by atoms with Crippen LogP contribution >= 0.6 is 35.0 Å². The average molecular weight is 457 g/mol. The first-order chi connectivity index (χ1) is 14.7. The number of benzene rings is 3. The molecule has 0 radical (unpaired) electrons. The van der Waals surface area contributed by atoms with Crippen molar-refractivity contribution in [2.45, 2.75) is 5.25 Å². The topological polar surface area (TPSA) is 6.48 Å². The Morgan fingerprint density at radius 2 is 1.37 bits per heavy atom. The standard InChI is InChI=1S/C25H26Cl2N2S/c26-22-12-10-21(11-13-22)25(20-6-2-1-3-7-20)30-19-18-28-14-16-29(17-15-28)24-9-5-4-8-23(24)27/h1-13,25H,14-19H2. The lowest BCUT2D eigenvalue weighted by Gasteiger charge is -2.36. The van der Waals surface area contributed by atoms with E-state index in [4.69, 9.17) is 23.2 Å². The first-order valence-corrected chi connectivity index (χ1v) is 12.1. The molecule has 1 heterocycles. The summed E-state index contributed by atoms with van der Waals surface area (Å²) in [4.78, 5) is 4.96. The van der Waals surface area contributed by atoms with E-state index in [1.54, 1.807) is 0 Å². The lowest BCUT2D eigenvalue weighted by Crippen LogP contribution is -2.47. The van der Waals surface area contributed by atoms with Crippen molar-refractivity contribution in [1.82, 2.24) is 4.90 Å². The molecule has 5 heteroatoms. The molecule has 0 aliphatic carbocycles. The molecule has 1 atom stereocenters. The summed E-state index contributed by atoms with van der Waals surface area (Å²) >= 11 is 14.5. The third-order valence-corrected chi connectivity index (χ3v) is 7.40. The summed E-state index contributed by atoms with van der Waals surface area (Å²) < 4.78 is 0. The number of para-hydroxylation sites is 1. The molecule has 156 valence electrons. The van der Waals surface area contributed by atoms with Gasteiger partial charge in [-0.2, -0.15) is 0 Å². The zero-order chi connectivity index (χ0) is 20.8. The summed E-state index contributed by atoms with van der Waals surface area (Å²) in [6, 6.07) is 27.2. The van der Waals surface area contributed by atoms with Crippen LogP contribution in [-0.2, 0) is 0 Å². The van der Waals surface area contributed by atoms with Crippen LogP contribution in [0.3, 0.4) is 0 Å². The number of hydrogen-bond acceptors (Lipinski definition) is 3. The number of anilines is 1. The zero-order valence-corrected chi connectivity index (χ0v) is 19.2. The summed E-state index contributed by atoms with van der Waals surface area (Å²) in [5, 5.41) is 1.95. The average Bonchev–Trinajstić information content (AvgIpc) is 2.79. The van der Waals surface area contributed by atoms with E-state index in [0.717, 1.165) is 54.2 Å². The largest absolute Gasteiger partial charge is 0.368 e. The summed E-state index contributed by atoms with van der Waals surface area (Å²) in [6.45, 7) is 5.28. The first-order valence-electron chi connectivity index (χ1n) is 10.3. The van der Waals surface area contributed by atoms with Gasteiger partial charge in [-0.1, -0.05) is 77.8 Å². The highest BCUT2D eigenvalue weighted by Crippen LogP contribution is 2.36. The Morgan fingerprint density at radius 3 is 2.07 bits per heavy atom. The predicted octanol–water partition coefficient (Wildman–Crippen LogP) is 6.64. The molecule has 1 saturated heterocycles. The smallest absolute Gasteiger partial charge is 0.0639 e. The van der Waals surface area contributed by atoms with E-state index in [9.17, 15) is 0 Å². The van der Waals surface area contributed by atoms with Crippen molar-refractivity contribution >= 4 is 40.7 Å². The molecule has 1 aliphatic heterocycles. The van der Waals surface area contributed by atoms with E-state index in [-0.39, 0.29) is 0 Å². The first kappa shape index (κ1) is 21.6. The number of halogens is 2. The van der Waals surface area contributed by atoms with Gasteiger partial charge in [0.25, 0.3) is 0 Å². The van der Waals surface area contributed by atoms with Crippen LogP contribution in [0, 0.1) is 0 Å². The van der Waals surface area contributed by atoms with Gasteiger partial charge >= 0.3 is 0 Å². The van der Waals surface area contributed by atoms with Crippen molar-refractivity contribution in [3.8, 4) is 0 Å². The van der Waals surface area contributed by atoms with Crippen molar-refractivity contribution in [3.63, 3.8) is 0 Å². The van der Waals surface area contributed by atoms with Gasteiger partial charge in [0.2, 0.25) is 0 Å². The van der Waals surface area contributed by atoms with E-state index < -0.39 is 0 Å². The maximum absolute atomic E-state index is 6.37. The van der Waals surface area contributed by atoms with Gasteiger partial charge in [-0.3, -0.25) is 4.90 Å². The number of piperazine rings is 1. The van der Waals surface area contributed by atoms with Crippen LogP contribution in [0.2, 0.25) is 10.0 Å².